The third-order valence-corrected chi connectivity index (χ3v) is 3.02. The van der Waals surface area contributed by atoms with Gasteiger partial charge in [0.1, 0.15) is 0 Å². The van der Waals surface area contributed by atoms with Gasteiger partial charge in [-0.2, -0.15) is 5.26 Å². The van der Waals surface area contributed by atoms with E-state index in [2.05, 4.69) is 22.0 Å². The molecule has 1 aromatic rings. The zero-order chi connectivity index (χ0) is 13.2. The molecule has 0 aromatic heterocycles. The topological polar surface area (TPSA) is 50.1 Å². The van der Waals surface area contributed by atoms with Crippen LogP contribution in [0.15, 0.2) is 28.7 Å². The fraction of sp³-hybridized carbons (Fsp3) is 0.429. The Morgan fingerprint density at radius 1 is 1.17 bits per heavy atom. The van der Waals surface area contributed by atoms with Crippen molar-refractivity contribution in [3.8, 4) is 6.07 Å². The van der Waals surface area contributed by atoms with Crippen LogP contribution in [0.4, 0.5) is 0 Å². The predicted octanol–water partition coefficient (Wildman–Crippen LogP) is 4.08. The van der Waals surface area contributed by atoms with Crippen molar-refractivity contribution in [2.24, 2.45) is 0 Å². The highest BCUT2D eigenvalue weighted by Gasteiger charge is 2.05. The first-order valence-electron chi connectivity index (χ1n) is 6.03. The first kappa shape index (κ1) is 14.7. The van der Waals surface area contributed by atoms with E-state index in [0.29, 0.717) is 18.6 Å². The van der Waals surface area contributed by atoms with E-state index in [1.165, 1.54) is 0 Å². The Labute approximate surface area is 116 Å². The zero-order valence-corrected chi connectivity index (χ0v) is 11.8. The first-order chi connectivity index (χ1) is 8.74. The Morgan fingerprint density at radius 2 is 1.83 bits per heavy atom. The van der Waals surface area contributed by atoms with E-state index < -0.39 is 0 Å². The second-order valence-electron chi connectivity index (χ2n) is 3.97. The number of rotatable bonds is 7. The van der Waals surface area contributed by atoms with Gasteiger partial charge >= 0.3 is 5.97 Å². The molecule has 0 bridgehead atoms. The SMILES string of the molecule is N#CCCCCCCOC(=O)c1ccc(Br)cc1. The van der Waals surface area contributed by atoms with E-state index in [0.717, 1.165) is 30.2 Å². The molecule has 96 valence electrons. The minimum Gasteiger partial charge on any atom is -0.462 e. The number of carbonyl (C=O) groups excluding carboxylic acids is 1. The molecule has 0 unspecified atom stereocenters. The lowest BCUT2D eigenvalue weighted by atomic mass is 10.2. The largest absolute Gasteiger partial charge is 0.462 e. The quantitative estimate of drug-likeness (QED) is 0.563. The van der Waals surface area contributed by atoms with E-state index in [-0.39, 0.29) is 5.97 Å². The third-order valence-electron chi connectivity index (χ3n) is 2.50. The highest BCUT2D eigenvalue weighted by Crippen LogP contribution is 2.11. The fourth-order valence-electron chi connectivity index (χ4n) is 1.49. The summed E-state index contributed by atoms with van der Waals surface area (Å²) in [6.07, 6.45) is 4.40. The normalized spacial score (nSPS) is 9.78. The Balaban J connectivity index is 2.14. The van der Waals surface area contributed by atoms with Crippen LogP contribution < -0.4 is 0 Å². The fourth-order valence-corrected chi connectivity index (χ4v) is 1.76. The lowest BCUT2D eigenvalue weighted by Gasteiger charge is -2.04. The van der Waals surface area contributed by atoms with Crippen LogP contribution in [-0.2, 0) is 4.74 Å². The van der Waals surface area contributed by atoms with Crippen LogP contribution in [0, 0.1) is 11.3 Å². The van der Waals surface area contributed by atoms with Gasteiger partial charge in [-0.25, -0.2) is 4.79 Å². The van der Waals surface area contributed by atoms with Gasteiger partial charge in [-0.15, -0.1) is 0 Å². The van der Waals surface area contributed by atoms with E-state index in [9.17, 15) is 4.79 Å². The van der Waals surface area contributed by atoms with Crippen molar-refractivity contribution in [3.05, 3.63) is 34.3 Å². The van der Waals surface area contributed by atoms with Gasteiger partial charge in [-0.1, -0.05) is 28.8 Å². The number of hydrogen-bond acceptors (Lipinski definition) is 3. The molecule has 4 heteroatoms. The molecule has 0 fully saturated rings. The van der Waals surface area contributed by atoms with Crippen LogP contribution in [0.1, 0.15) is 42.5 Å². The average Bonchev–Trinajstić information content (AvgIpc) is 2.38. The smallest absolute Gasteiger partial charge is 0.338 e. The molecule has 0 spiro atoms. The molecule has 18 heavy (non-hydrogen) atoms. The van der Waals surface area contributed by atoms with Crippen LogP contribution in [-0.4, -0.2) is 12.6 Å². The summed E-state index contributed by atoms with van der Waals surface area (Å²) in [6, 6.07) is 9.22. The van der Waals surface area contributed by atoms with Gasteiger partial charge in [0, 0.05) is 10.9 Å². The summed E-state index contributed by atoms with van der Waals surface area (Å²) in [5.41, 5.74) is 0.572. The molecule has 0 heterocycles. The minimum atomic E-state index is -0.278. The summed E-state index contributed by atoms with van der Waals surface area (Å²) in [7, 11) is 0. The monoisotopic (exact) mass is 309 g/mol. The Hall–Kier alpha value is -1.34. The first-order valence-corrected chi connectivity index (χ1v) is 6.83. The number of hydrogen-bond donors (Lipinski definition) is 0. The number of ether oxygens (including phenoxy) is 1. The third kappa shape index (κ3) is 5.83. The Morgan fingerprint density at radius 3 is 2.50 bits per heavy atom. The summed E-state index contributed by atoms with van der Waals surface area (Å²) in [5, 5.41) is 8.36. The maximum absolute atomic E-state index is 11.6. The van der Waals surface area contributed by atoms with Crippen molar-refractivity contribution in [1.29, 1.82) is 5.26 Å². The van der Waals surface area contributed by atoms with Crippen LogP contribution in [0.5, 0.6) is 0 Å². The maximum atomic E-state index is 11.6. The molecule has 0 aliphatic heterocycles. The number of benzene rings is 1. The molecule has 0 saturated heterocycles. The number of unbranched alkanes of at least 4 members (excludes halogenated alkanes) is 4. The average molecular weight is 310 g/mol. The van der Waals surface area contributed by atoms with Crippen molar-refractivity contribution in [1.82, 2.24) is 0 Å². The summed E-state index contributed by atoms with van der Waals surface area (Å²) >= 11 is 3.31. The highest BCUT2D eigenvalue weighted by atomic mass is 79.9. The summed E-state index contributed by atoms with van der Waals surface area (Å²) < 4.78 is 6.10. The second kappa shape index (κ2) is 8.71. The van der Waals surface area contributed by atoms with Gasteiger partial charge in [0.05, 0.1) is 18.2 Å². The van der Waals surface area contributed by atoms with E-state index in [1.54, 1.807) is 12.1 Å². The molecule has 0 radical (unpaired) electrons. The van der Waals surface area contributed by atoms with Crippen molar-refractivity contribution in [2.45, 2.75) is 32.1 Å². The molecule has 1 aromatic carbocycles. The number of nitrogens with zero attached hydrogens (tertiary/aromatic N) is 1. The van der Waals surface area contributed by atoms with E-state index in [1.807, 2.05) is 12.1 Å². The highest BCUT2D eigenvalue weighted by molar-refractivity contribution is 9.10. The maximum Gasteiger partial charge on any atom is 0.338 e. The molecule has 0 saturated carbocycles. The Bertz CT molecular complexity index is 409. The lowest BCUT2D eigenvalue weighted by molar-refractivity contribution is 0.0497. The molecule has 3 nitrogen and oxygen atoms in total. The summed E-state index contributed by atoms with van der Waals surface area (Å²) in [4.78, 5) is 11.6. The van der Waals surface area contributed by atoms with Crippen LogP contribution >= 0.6 is 15.9 Å². The Kier molecular flexibility index (Phi) is 7.12. The molecule has 1 rings (SSSR count). The van der Waals surface area contributed by atoms with Crippen LogP contribution in [0.2, 0.25) is 0 Å². The van der Waals surface area contributed by atoms with E-state index in [4.69, 9.17) is 10.00 Å². The van der Waals surface area contributed by atoms with Crippen molar-refractivity contribution in [2.75, 3.05) is 6.61 Å². The van der Waals surface area contributed by atoms with Gasteiger partial charge in [-0.3, -0.25) is 0 Å². The molecule has 0 N–H and O–H groups in total. The van der Waals surface area contributed by atoms with Crippen molar-refractivity contribution in [3.63, 3.8) is 0 Å². The number of carbonyl (C=O) groups is 1. The summed E-state index contributed by atoms with van der Waals surface area (Å²) in [6.45, 7) is 0.446. The number of nitriles is 1. The number of esters is 1. The van der Waals surface area contributed by atoms with Gasteiger partial charge in [-0.05, 0) is 37.1 Å². The molecule has 0 aliphatic carbocycles. The second-order valence-corrected chi connectivity index (χ2v) is 4.88. The van der Waals surface area contributed by atoms with E-state index >= 15 is 0 Å². The molecule has 0 aliphatic rings. The van der Waals surface area contributed by atoms with Crippen LogP contribution in [0.3, 0.4) is 0 Å². The van der Waals surface area contributed by atoms with Gasteiger partial charge in [0.25, 0.3) is 0 Å². The zero-order valence-electron chi connectivity index (χ0n) is 10.2. The standard InChI is InChI=1S/C14H16BrNO2/c15-13-8-6-12(7-9-13)14(17)18-11-5-3-1-2-4-10-16/h6-9H,1-5,11H2. The van der Waals surface area contributed by atoms with Gasteiger partial charge in [0.15, 0.2) is 0 Å². The molecule has 0 amide bonds. The minimum absolute atomic E-state index is 0.278. The van der Waals surface area contributed by atoms with Crippen molar-refractivity contribution < 1.29 is 9.53 Å². The molecular formula is C14H16BrNO2. The molecular weight excluding hydrogens is 294 g/mol. The van der Waals surface area contributed by atoms with Gasteiger partial charge < -0.3 is 4.74 Å². The van der Waals surface area contributed by atoms with Crippen LogP contribution in [0.25, 0.3) is 0 Å². The lowest BCUT2D eigenvalue weighted by Crippen LogP contribution is -2.06. The van der Waals surface area contributed by atoms with Gasteiger partial charge in [0.2, 0.25) is 0 Å². The number of halogens is 1. The van der Waals surface area contributed by atoms with Crippen molar-refractivity contribution >= 4 is 21.9 Å². The summed E-state index contributed by atoms with van der Waals surface area (Å²) in [5.74, 6) is -0.278. The molecule has 0 atom stereocenters. The predicted molar refractivity (Wildman–Crippen MR) is 73.1 cm³/mol.